The number of Topliss-reactive ketones (excluding diaryl/α,β-unsaturated/α-hetero) is 1. The smallest absolute Gasteiger partial charge is 0.191 e. The number of methoxy groups -OCH3 is 1. The summed E-state index contributed by atoms with van der Waals surface area (Å²) in [6.07, 6.45) is 1.63. The molecule has 5 nitrogen and oxygen atoms in total. The van der Waals surface area contributed by atoms with Crippen LogP contribution >= 0.6 is 23.4 Å². The molecule has 0 aliphatic heterocycles. The van der Waals surface area contributed by atoms with E-state index in [4.69, 9.17) is 16.3 Å². The standard InChI is InChI=1S/C13H14ClN3O2S/c1-19-7-6-17-9-15-16-13(17)20-8-12(18)10-2-4-11(14)5-3-10/h2-5,9H,6-8H2,1H3. The van der Waals surface area contributed by atoms with Crippen LogP contribution in [0.15, 0.2) is 35.7 Å². The minimum atomic E-state index is 0.0351. The molecule has 0 aliphatic rings. The molecule has 0 atom stereocenters. The van der Waals surface area contributed by atoms with Crippen LogP contribution in [-0.4, -0.2) is 40.0 Å². The van der Waals surface area contributed by atoms with Gasteiger partial charge in [0, 0.05) is 24.2 Å². The zero-order valence-electron chi connectivity index (χ0n) is 11.0. The number of hydrogen-bond donors (Lipinski definition) is 0. The van der Waals surface area contributed by atoms with Gasteiger partial charge in [-0.25, -0.2) is 0 Å². The molecule has 0 amide bonds. The van der Waals surface area contributed by atoms with E-state index >= 15 is 0 Å². The summed E-state index contributed by atoms with van der Waals surface area (Å²) >= 11 is 7.16. The number of carbonyl (C=O) groups excluding carboxylic acids is 1. The molecule has 0 fully saturated rings. The van der Waals surface area contributed by atoms with Crippen LogP contribution in [0.25, 0.3) is 0 Å². The first-order valence-corrected chi connectivity index (χ1v) is 7.35. The first-order valence-electron chi connectivity index (χ1n) is 5.99. The lowest BCUT2D eigenvalue weighted by Crippen LogP contribution is -2.07. The molecule has 0 saturated heterocycles. The molecule has 1 aromatic carbocycles. The third-order valence-corrected chi connectivity index (χ3v) is 3.85. The maximum absolute atomic E-state index is 12.0. The van der Waals surface area contributed by atoms with E-state index in [1.807, 2.05) is 4.57 Å². The summed E-state index contributed by atoms with van der Waals surface area (Å²) in [5.41, 5.74) is 0.643. The number of hydrogen-bond acceptors (Lipinski definition) is 5. The van der Waals surface area contributed by atoms with Gasteiger partial charge < -0.3 is 9.30 Å². The third kappa shape index (κ3) is 4.06. The van der Waals surface area contributed by atoms with Crippen molar-refractivity contribution in [2.24, 2.45) is 0 Å². The number of nitrogens with zero attached hydrogens (tertiary/aromatic N) is 3. The van der Waals surface area contributed by atoms with Crippen LogP contribution in [-0.2, 0) is 11.3 Å². The van der Waals surface area contributed by atoms with Gasteiger partial charge in [0.05, 0.1) is 12.4 Å². The predicted molar refractivity (Wildman–Crippen MR) is 78.4 cm³/mol. The average Bonchev–Trinajstić information content (AvgIpc) is 2.90. The second kappa shape index (κ2) is 7.42. The Kier molecular flexibility index (Phi) is 5.58. The van der Waals surface area contributed by atoms with E-state index in [1.54, 1.807) is 37.7 Å². The Bertz CT molecular complexity index is 571. The fraction of sp³-hybridized carbons (Fsp3) is 0.308. The van der Waals surface area contributed by atoms with Crippen molar-refractivity contribution in [3.8, 4) is 0 Å². The summed E-state index contributed by atoms with van der Waals surface area (Å²) in [6.45, 7) is 1.25. The van der Waals surface area contributed by atoms with Gasteiger partial charge in [-0.05, 0) is 24.3 Å². The molecular weight excluding hydrogens is 298 g/mol. The number of carbonyl (C=O) groups is 1. The van der Waals surface area contributed by atoms with E-state index in [9.17, 15) is 4.79 Å². The van der Waals surface area contributed by atoms with Crippen LogP contribution < -0.4 is 0 Å². The zero-order valence-corrected chi connectivity index (χ0v) is 12.5. The maximum Gasteiger partial charge on any atom is 0.191 e. The van der Waals surface area contributed by atoms with Crippen molar-refractivity contribution in [2.45, 2.75) is 11.7 Å². The monoisotopic (exact) mass is 311 g/mol. The minimum absolute atomic E-state index is 0.0351. The van der Waals surface area contributed by atoms with E-state index in [0.29, 0.717) is 34.6 Å². The second-order valence-electron chi connectivity index (χ2n) is 4.02. The van der Waals surface area contributed by atoms with Crippen LogP contribution in [0.2, 0.25) is 5.02 Å². The molecule has 20 heavy (non-hydrogen) atoms. The maximum atomic E-state index is 12.0. The number of halogens is 1. The van der Waals surface area contributed by atoms with Crippen molar-refractivity contribution in [2.75, 3.05) is 19.5 Å². The Morgan fingerprint density at radius 2 is 2.15 bits per heavy atom. The highest BCUT2D eigenvalue weighted by Gasteiger charge is 2.10. The summed E-state index contributed by atoms with van der Waals surface area (Å²) in [6, 6.07) is 6.86. The van der Waals surface area contributed by atoms with E-state index in [2.05, 4.69) is 10.2 Å². The molecule has 0 spiro atoms. The van der Waals surface area contributed by atoms with Crippen LogP contribution in [0.3, 0.4) is 0 Å². The Morgan fingerprint density at radius 1 is 1.40 bits per heavy atom. The summed E-state index contributed by atoms with van der Waals surface area (Å²) in [4.78, 5) is 12.0. The SMILES string of the molecule is COCCn1cnnc1SCC(=O)c1ccc(Cl)cc1. The molecule has 0 N–H and O–H groups in total. The van der Waals surface area contributed by atoms with Gasteiger partial charge in [0.2, 0.25) is 0 Å². The number of aromatic nitrogens is 3. The van der Waals surface area contributed by atoms with E-state index in [1.165, 1.54) is 11.8 Å². The molecule has 106 valence electrons. The van der Waals surface area contributed by atoms with Crippen LogP contribution in [0, 0.1) is 0 Å². The summed E-state index contributed by atoms with van der Waals surface area (Å²) < 4.78 is 6.88. The molecule has 1 heterocycles. The molecule has 0 radical (unpaired) electrons. The quantitative estimate of drug-likeness (QED) is 0.581. The molecule has 0 unspecified atom stereocenters. The van der Waals surface area contributed by atoms with Crippen molar-refractivity contribution in [3.05, 3.63) is 41.2 Å². The van der Waals surface area contributed by atoms with Crippen molar-refractivity contribution in [3.63, 3.8) is 0 Å². The molecule has 7 heteroatoms. The van der Waals surface area contributed by atoms with E-state index < -0.39 is 0 Å². The van der Waals surface area contributed by atoms with Gasteiger partial charge in [-0.3, -0.25) is 4.79 Å². The van der Waals surface area contributed by atoms with Gasteiger partial charge in [0.1, 0.15) is 6.33 Å². The van der Waals surface area contributed by atoms with Crippen LogP contribution in [0.1, 0.15) is 10.4 Å². The van der Waals surface area contributed by atoms with Crippen molar-refractivity contribution >= 4 is 29.1 Å². The average molecular weight is 312 g/mol. The number of benzene rings is 1. The summed E-state index contributed by atoms with van der Waals surface area (Å²) in [5.74, 6) is 0.348. The number of thioether (sulfide) groups is 1. The first kappa shape index (κ1) is 15.0. The lowest BCUT2D eigenvalue weighted by Gasteiger charge is -2.05. The Labute approximate surface area is 126 Å². The minimum Gasteiger partial charge on any atom is -0.383 e. The lowest BCUT2D eigenvalue weighted by atomic mass is 10.1. The van der Waals surface area contributed by atoms with Gasteiger partial charge in [-0.1, -0.05) is 23.4 Å². The fourth-order valence-electron chi connectivity index (χ4n) is 1.55. The highest BCUT2D eigenvalue weighted by molar-refractivity contribution is 7.99. The van der Waals surface area contributed by atoms with Crippen molar-refractivity contribution in [1.82, 2.24) is 14.8 Å². The van der Waals surface area contributed by atoms with Crippen LogP contribution in [0.5, 0.6) is 0 Å². The Morgan fingerprint density at radius 3 is 2.85 bits per heavy atom. The van der Waals surface area contributed by atoms with Crippen LogP contribution in [0.4, 0.5) is 0 Å². The van der Waals surface area contributed by atoms with Gasteiger partial charge in [-0.2, -0.15) is 0 Å². The second-order valence-corrected chi connectivity index (χ2v) is 5.40. The lowest BCUT2D eigenvalue weighted by molar-refractivity contribution is 0.102. The molecule has 0 aliphatic carbocycles. The van der Waals surface area contributed by atoms with Gasteiger partial charge in [0.15, 0.2) is 10.9 Å². The molecule has 2 rings (SSSR count). The third-order valence-electron chi connectivity index (χ3n) is 2.61. The Balaban J connectivity index is 1.93. The van der Waals surface area contributed by atoms with Gasteiger partial charge in [0.25, 0.3) is 0 Å². The number of ether oxygens (including phenoxy) is 1. The molecular formula is C13H14ClN3O2S. The number of rotatable bonds is 7. The summed E-state index contributed by atoms with van der Waals surface area (Å²) in [5, 5.41) is 9.17. The highest BCUT2D eigenvalue weighted by atomic mass is 35.5. The topological polar surface area (TPSA) is 57.0 Å². The fourth-order valence-corrected chi connectivity index (χ4v) is 2.51. The number of ketones is 1. The predicted octanol–water partition coefficient (Wildman–Crippen LogP) is 2.55. The molecule has 0 saturated carbocycles. The molecule has 2 aromatic rings. The first-order chi connectivity index (χ1) is 9.70. The van der Waals surface area contributed by atoms with Gasteiger partial charge >= 0.3 is 0 Å². The largest absolute Gasteiger partial charge is 0.383 e. The van der Waals surface area contributed by atoms with Crippen molar-refractivity contribution in [1.29, 1.82) is 0 Å². The highest BCUT2D eigenvalue weighted by Crippen LogP contribution is 2.17. The van der Waals surface area contributed by atoms with Gasteiger partial charge in [-0.15, -0.1) is 10.2 Å². The van der Waals surface area contributed by atoms with Crippen molar-refractivity contribution < 1.29 is 9.53 Å². The summed E-state index contributed by atoms with van der Waals surface area (Å²) in [7, 11) is 1.64. The normalized spacial score (nSPS) is 10.7. The molecule has 0 bridgehead atoms. The zero-order chi connectivity index (χ0) is 14.4. The molecule has 1 aromatic heterocycles. The van der Waals surface area contributed by atoms with E-state index in [0.717, 1.165) is 0 Å². The Hall–Kier alpha value is -1.37. The van der Waals surface area contributed by atoms with E-state index in [-0.39, 0.29) is 5.78 Å².